The summed E-state index contributed by atoms with van der Waals surface area (Å²) in [6, 6.07) is 3.70. The number of thiazole rings is 1. The Hall–Kier alpha value is -3.24. The fourth-order valence-electron chi connectivity index (χ4n) is 7.40. The van der Waals surface area contributed by atoms with Crippen LogP contribution in [0.3, 0.4) is 0 Å². The van der Waals surface area contributed by atoms with E-state index in [4.69, 9.17) is 9.47 Å². The van der Waals surface area contributed by atoms with Gasteiger partial charge in [-0.1, -0.05) is 0 Å². The first-order valence-electron chi connectivity index (χ1n) is 16.9. The van der Waals surface area contributed by atoms with Crippen molar-refractivity contribution in [3.8, 4) is 11.5 Å². The minimum Gasteiger partial charge on any atom is -0.451 e. The van der Waals surface area contributed by atoms with Crippen molar-refractivity contribution in [2.75, 3.05) is 48.5 Å². The Morgan fingerprint density at radius 3 is 2.53 bits per heavy atom. The molecule has 1 aromatic carbocycles. The molecule has 266 valence electrons. The Morgan fingerprint density at radius 2 is 1.92 bits per heavy atom. The molecule has 3 aromatic rings. The lowest BCUT2D eigenvalue weighted by molar-refractivity contribution is -0.0270. The number of aryl methyl sites for hydroxylation is 1. The summed E-state index contributed by atoms with van der Waals surface area (Å²) in [7, 11) is 0. The molecule has 3 saturated heterocycles. The summed E-state index contributed by atoms with van der Waals surface area (Å²) in [6.45, 7) is 14.5. The number of benzene rings is 1. The monoisotopic (exact) mass is 715 g/mol. The van der Waals surface area contributed by atoms with Crippen molar-refractivity contribution >= 4 is 40.1 Å². The first-order valence-corrected chi connectivity index (χ1v) is 18.9. The predicted octanol–water partition coefficient (Wildman–Crippen LogP) is 5.53. The molecule has 1 unspecified atom stereocenters. The maximum absolute atomic E-state index is 14.4. The van der Waals surface area contributed by atoms with Crippen LogP contribution in [0, 0.1) is 18.2 Å². The van der Waals surface area contributed by atoms with E-state index in [-0.39, 0.29) is 46.9 Å². The molecular formula is C34H46FN7O5S2. The molecule has 0 saturated carbocycles. The van der Waals surface area contributed by atoms with E-state index < -0.39 is 17.1 Å². The van der Waals surface area contributed by atoms with E-state index in [0.717, 1.165) is 63.4 Å². The summed E-state index contributed by atoms with van der Waals surface area (Å²) >= 11 is -0.697. The van der Waals surface area contributed by atoms with Crippen LogP contribution in [0.4, 0.5) is 16.0 Å². The van der Waals surface area contributed by atoms with Crippen molar-refractivity contribution in [2.45, 2.75) is 84.5 Å². The third-order valence-corrected chi connectivity index (χ3v) is 11.4. The summed E-state index contributed by atoms with van der Waals surface area (Å²) in [5.41, 5.74) is 0.345. The van der Waals surface area contributed by atoms with Crippen molar-refractivity contribution in [1.82, 2.24) is 24.8 Å². The number of hydrogen-bond donors (Lipinski definition) is 1. The highest BCUT2D eigenvalue weighted by atomic mass is 32.2. The largest absolute Gasteiger partial charge is 0.451 e. The molecular weight excluding hydrogens is 670 g/mol. The molecule has 12 nitrogen and oxygen atoms in total. The zero-order chi connectivity index (χ0) is 34.9. The van der Waals surface area contributed by atoms with Gasteiger partial charge in [-0.2, -0.15) is 0 Å². The van der Waals surface area contributed by atoms with Crippen LogP contribution >= 0.6 is 11.3 Å². The van der Waals surface area contributed by atoms with E-state index in [2.05, 4.69) is 24.8 Å². The number of aromatic nitrogens is 3. The van der Waals surface area contributed by atoms with Crippen LogP contribution in [0.5, 0.6) is 11.5 Å². The Bertz CT molecular complexity index is 1630. The SMILES string of the molecule is Cc1nc(N([C@@H]2CC[C@@H](CN3CCC4(CC3)CN(c3ncncc3Oc3ccc(F)cc3C(=O)N(C(C)C)C(C)C)C4)OC2)S(=O)O)cs1. The van der Waals surface area contributed by atoms with Gasteiger partial charge in [0.05, 0.1) is 35.5 Å². The van der Waals surface area contributed by atoms with Crippen LogP contribution in [-0.4, -0.2) is 103 Å². The second-order valence-corrected chi connectivity index (χ2v) is 15.9. The lowest BCUT2D eigenvalue weighted by Crippen LogP contribution is -2.61. The van der Waals surface area contributed by atoms with Gasteiger partial charge >= 0.3 is 0 Å². The molecule has 6 rings (SSSR count). The van der Waals surface area contributed by atoms with E-state index in [0.29, 0.717) is 24.0 Å². The van der Waals surface area contributed by atoms with Gasteiger partial charge in [0.25, 0.3) is 17.2 Å². The normalized spacial score (nSPS) is 21.5. The topological polar surface area (TPSA) is 124 Å². The van der Waals surface area contributed by atoms with Gasteiger partial charge in [-0.25, -0.2) is 27.9 Å². The maximum Gasteiger partial charge on any atom is 0.263 e. The summed E-state index contributed by atoms with van der Waals surface area (Å²) in [5.74, 6) is 1.09. The highest BCUT2D eigenvalue weighted by Gasteiger charge is 2.46. The van der Waals surface area contributed by atoms with E-state index in [1.807, 2.05) is 40.0 Å². The molecule has 15 heteroatoms. The van der Waals surface area contributed by atoms with Gasteiger partial charge in [-0.3, -0.25) is 9.35 Å². The number of anilines is 2. The minimum absolute atomic E-state index is 0.0694. The average Bonchev–Trinajstić information content (AvgIpc) is 3.47. The quantitative estimate of drug-likeness (QED) is 0.254. The van der Waals surface area contributed by atoms with E-state index >= 15 is 0 Å². The first-order chi connectivity index (χ1) is 23.4. The number of ether oxygens (including phenoxy) is 2. The third kappa shape index (κ3) is 7.90. The summed E-state index contributed by atoms with van der Waals surface area (Å²) < 4.78 is 50.4. The van der Waals surface area contributed by atoms with Crippen molar-refractivity contribution in [2.24, 2.45) is 5.41 Å². The van der Waals surface area contributed by atoms with E-state index in [1.165, 1.54) is 40.2 Å². The second-order valence-electron chi connectivity index (χ2n) is 14.0. The molecule has 3 aliphatic rings. The second kappa shape index (κ2) is 14.9. The number of halogens is 1. The summed E-state index contributed by atoms with van der Waals surface area (Å²) in [6.07, 6.45) is 6.88. The molecule has 3 aliphatic heterocycles. The molecule has 0 bridgehead atoms. The van der Waals surface area contributed by atoms with Crippen LogP contribution in [0.25, 0.3) is 0 Å². The van der Waals surface area contributed by atoms with Gasteiger partial charge in [0.2, 0.25) is 0 Å². The smallest absolute Gasteiger partial charge is 0.263 e. The van der Waals surface area contributed by atoms with Crippen LogP contribution in [0.2, 0.25) is 0 Å². The molecule has 3 fully saturated rings. The van der Waals surface area contributed by atoms with E-state index in [1.54, 1.807) is 11.1 Å². The van der Waals surface area contributed by atoms with Crippen molar-refractivity contribution in [3.63, 3.8) is 0 Å². The van der Waals surface area contributed by atoms with Crippen LogP contribution < -0.4 is 13.9 Å². The number of piperidine rings is 1. The fourth-order valence-corrected chi connectivity index (χ4v) is 8.73. The average molecular weight is 716 g/mol. The van der Waals surface area contributed by atoms with Gasteiger partial charge in [0.1, 0.15) is 17.9 Å². The van der Waals surface area contributed by atoms with Crippen LogP contribution in [-0.2, 0) is 16.0 Å². The standard InChI is InChI=1S/C34H46FN7O5S2/c1-22(2)41(23(3)4)33(43)28-14-25(35)6-9-29(28)47-30-15-36-21-37-32(30)40-19-34(20-40)10-12-39(13-11-34)16-27-8-7-26(17-46-27)42(49(44)45)31-18-48-24(5)38-31/h6,9,14-15,18,21-23,26-27H,7-8,10-13,16-17,19-20H2,1-5H3,(H,44,45)/t26-,27+/m1/s1. The molecule has 1 amide bonds. The van der Waals surface area contributed by atoms with Gasteiger partial charge in [-0.05, 0) is 91.6 Å². The van der Waals surface area contributed by atoms with Gasteiger partial charge in [0.15, 0.2) is 17.4 Å². The number of hydrogen-bond acceptors (Lipinski definition) is 10. The number of rotatable bonds is 11. The highest BCUT2D eigenvalue weighted by molar-refractivity contribution is 7.80. The molecule has 3 atom stereocenters. The fraction of sp³-hybridized carbons (Fsp3) is 0.588. The third-order valence-electron chi connectivity index (χ3n) is 9.81. The molecule has 5 heterocycles. The van der Waals surface area contributed by atoms with Crippen molar-refractivity contribution < 1.29 is 27.4 Å². The lowest BCUT2D eigenvalue weighted by Gasteiger charge is -2.54. The molecule has 1 spiro atoms. The highest BCUT2D eigenvalue weighted by Crippen LogP contribution is 2.45. The van der Waals surface area contributed by atoms with Crippen molar-refractivity contribution in [3.05, 3.63) is 52.5 Å². The maximum atomic E-state index is 14.4. The number of nitrogens with zero attached hydrogens (tertiary/aromatic N) is 7. The van der Waals surface area contributed by atoms with E-state index in [9.17, 15) is 17.9 Å². The van der Waals surface area contributed by atoms with Crippen LogP contribution in [0.15, 0.2) is 36.1 Å². The first kappa shape index (κ1) is 35.6. The lowest BCUT2D eigenvalue weighted by atomic mass is 9.72. The molecule has 0 radical (unpaired) electrons. The number of likely N-dealkylation sites (tertiary alicyclic amines) is 1. The van der Waals surface area contributed by atoms with Gasteiger partial charge in [-0.15, -0.1) is 11.3 Å². The minimum atomic E-state index is -2.16. The number of carbonyl (C=O) groups is 1. The zero-order valence-corrected chi connectivity index (χ0v) is 30.4. The molecule has 2 aromatic heterocycles. The molecule has 1 N–H and O–H groups in total. The van der Waals surface area contributed by atoms with Gasteiger partial charge in [0, 0.05) is 42.5 Å². The summed E-state index contributed by atoms with van der Waals surface area (Å²) in [4.78, 5) is 33.1. The van der Waals surface area contributed by atoms with Crippen molar-refractivity contribution in [1.29, 1.82) is 0 Å². The summed E-state index contributed by atoms with van der Waals surface area (Å²) in [5, 5.41) is 2.67. The Morgan fingerprint density at radius 1 is 1.18 bits per heavy atom. The van der Waals surface area contributed by atoms with Gasteiger partial charge < -0.3 is 24.2 Å². The number of carbonyl (C=O) groups excluding carboxylic acids is 1. The Balaban J connectivity index is 1.03. The predicted molar refractivity (Wildman–Crippen MR) is 188 cm³/mol. The molecule has 0 aliphatic carbocycles. The van der Waals surface area contributed by atoms with Crippen LogP contribution in [0.1, 0.15) is 68.7 Å². The zero-order valence-electron chi connectivity index (χ0n) is 28.7. The Kier molecular flexibility index (Phi) is 10.8. The molecule has 49 heavy (non-hydrogen) atoms. The number of amides is 1. The Labute approximate surface area is 294 Å².